The lowest BCUT2D eigenvalue weighted by Crippen LogP contribution is -2.55. The van der Waals surface area contributed by atoms with E-state index in [-0.39, 0.29) is 24.2 Å². The Kier molecular flexibility index (Phi) is 11.6. The number of hydrogen-bond donors (Lipinski definition) is 1. The molecule has 7 unspecified atom stereocenters. The predicted octanol–water partition coefficient (Wildman–Crippen LogP) is 11.5. The molecule has 7 atom stereocenters. The summed E-state index contributed by atoms with van der Waals surface area (Å²) in [5, 5.41) is 10.8. The Labute approximate surface area is 316 Å². The third-order valence-corrected chi connectivity index (χ3v) is 15.4. The summed E-state index contributed by atoms with van der Waals surface area (Å²) in [5.74, 6) is 3.97. The number of piperidine rings is 1. The maximum atomic E-state index is 11.9. The van der Waals surface area contributed by atoms with Crippen molar-refractivity contribution >= 4 is 12.0 Å². The molecule has 3 fully saturated rings. The first-order valence-corrected chi connectivity index (χ1v) is 20.8. The van der Waals surface area contributed by atoms with Crippen LogP contribution in [0.2, 0.25) is 0 Å². The molecule has 6 aliphatic rings. The van der Waals surface area contributed by atoms with Crippen molar-refractivity contribution in [2.75, 3.05) is 19.9 Å². The summed E-state index contributed by atoms with van der Waals surface area (Å²) in [6.45, 7) is 21.7. The summed E-state index contributed by atoms with van der Waals surface area (Å²) in [6, 6.07) is 5.79. The third-order valence-electron chi connectivity index (χ3n) is 15.4. The number of nitrogens with zero attached hydrogens (tertiary/aromatic N) is 1. The Hall–Kier alpha value is -2.79. The summed E-state index contributed by atoms with van der Waals surface area (Å²) in [6.07, 6.45) is 25.9. The van der Waals surface area contributed by atoms with Crippen LogP contribution in [0.1, 0.15) is 144 Å². The molecule has 52 heavy (non-hydrogen) atoms. The van der Waals surface area contributed by atoms with E-state index in [9.17, 15) is 9.90 Å². The Balaban J connectivity index is 0.000000192. The van der Waals surface area contributed by atoms with Crippen LogP contribution in [0, 0.1) is 39.4 Å². The molecular formula is C47H69NO4. The number of carbonyl (C=O) groups is 1. The zero-order valence-electron chi connectivity index (χ0n) is 33.9. The van der Waals surface area contributed by atoms with Crippen LogP contribution in [0.4, 0.5) is 0 Å². The number of carbonyl (C=O) groups excluding carboxylic acids is 1. The fraction of sp³-hybridized carbons (Fsp3) is 0.681. The van der Waals surface area contributed by atoms with Gasteiger partial charge in [0.25, 0.3) is 0 Å². The van der Waals surface area contributed by atoms with E-state index in [1.807, 2.05) is 46.4 Å². The highest BCUT2D eigenvalue weighted by Gasteiger charge is 2.63. The molecule has 4 aliphatic carbocycles. The van der Waals surface area contributed by atoms with Crippen molar-refractivity contribution in [3.63, 3.8) is 0 Å². The average molecular weight is 712 g/mol. The van der Waals surface area contributed by atoms with Gasteiger partial charge in [0.1, 0.15) is 0 Å². The van der Waals surface area contributed by atoms with Gasteiger partial charge in [-0.05, 0) is 154 Å². The monoisotopic (exact) mass is 712 g/mol. The van der Waals surface area contributed by atoms with E-state index in [1.165, 1.54) is 69.8 Å². The first-order valence-electron chi connectivity index (χ1n) is 20.8. The maximum Gasteiger partial charge on any atom is 0.246 e. The second kappa shape index (κ2) is 15.5. The largest absolute Gasteiger partial charge is 0.454 e. The molecule has 1 aromatic rings. The number of likely N-dealkylation sites (tertiary alicyclic amines) is 1. The van der Waals surface area contributed by atoms with Gasteiger partial charge < -0.3 is 19.5 Å². The van der Waals surface area contributed by atoms with Gasteiger partial charge in [0, 0.05) is 19.2 Å². The van der Waals surface area contributed by atoms with Gasteiger partial charge in [-0.3, -0.25) is 4.79 Å². The standard InChI is InChI=1S/C30H50O.C17H19NO3/c1-20(2)10-9-11-21(3)22-14-18-30(8)24-12-13-25-27(4,5)26(31)16-17-28(25,6)23(24)15-19-29(22,30)7;19-17(18-10-4-1-5-11-18)7-3-2-6-14-8-9-15-16(12-14)21-13-20-15/h10,21-22,25-26,31H,9,11-19H2,1-8H3;2-3,6-9,12H,1,4-5,10-11,13H2. The van der Waals surface area contributed by atoms with Crippen molar-refractivity contribution < 1.29 is 19.4 Å². The first-order chi connectivity index (χ1) is 24.7. The minimum Gasteiger partial charge on any atom is -0.454 e. The molecule has 2 aliphatic heterocycles. The van der Waals surface area contributed by atoms with Crippen LogP contribution in [0.15, 0.2) is 59.2 Å². The first kappa shape index (κ1) is 38.9. The zero-order chi connectivity index (χ0) is 37.3. The zero-order valence-corrected chi connectivity index (χ0v) is 33.9. The second-order valence-corrected chi connectivity index (χ2v) is 18.8. The molecule has 0 bridgehead atoms. The van der Waals surface area contributed by atoms with E-state index < -0.39 is 0 Å². The Bertz CT molecular complexity index is 1570. The van der Waals surface area contributed by atoms with Gasteiger partial charge in [0.2, 0.25) is 12.7 Å². The molecule has 1 N–H and O–H groups in total. The van der Waals surface area contributed by atoms with Crippen LogP contribution in [0.3, 0.4) is 0 Å². The van der Waals surface area contributed by atoms with Gasteiger partial charge in [-0.2, -0.15) is 0 Å². The molecule has 0 aromatic heterocycles. The maximum absolute atomic E-state index is 11.9. The normalized spacial score (nSPS) is 33.9. The van der Waals surface area contributed by atoms with Crippen LogP contribution in [0.25, 0.3) is 6.08 Å². The number of aliphatic hydroxyl groups excluding tert-OH is 1. The summed E-state index contributed by atoms with van der Waals surface area (Å²) in [5.41, 5.74) is 7.43. The fourth-order valence-corrected chi connectivity index (χ4v) is 12.0. The molecular weight excluding hydrogens is 643 g/mol. The predicted molar refractivity (Wildman–Crippen MR) is 214 cm³/mol. The lowest BCUT2D eigenvalue weighted by atomic mass is 9.43. The molecule has 5 heteroatoms. The van der Waals surface area contributed by atoms with Crippen molar-refractivity contribution in [3.05, 3.63) is 64.8 Å². The van der Waals surface area contributed by atoms with Gasteiger partial charge in [0.05, 0.1) is 6.10 Å². The molecule has 7 rings (SSSR count). The minimum atomic E-state index is -0.130. The Morgan fingerprint density at radius 3 is 2.42 bits per heavy atom. The quantitative estimate of drug-likeness (QED) is 0.174. The topological polar surface area (TPSA) is 59.0 Å². The molecule has 2 saturated carbocycles. The Morgan fingerprint density at radius 2 is 1.67 bits per heavy atom. The van der Waals surface area contributed by atoms with Crippen molar-refractivity contribution in [1.29, 1.82) is 0 Å². The van der Waals surface area contributed by atoms with Crippen LogP contribution in [-0.2, 0) is 4.79 Å². The summed E-state index contributed by atoms with van der Waals surface area (Å²) < 4.78 is 10.6. The smallest absolute Gasteiger partial charge is 0.246 e. The van der Waals surface area contributed by atoms with Crippen molar-refractivity contribution in [2.24, 2.45) is 39.4 Å². The van der Waals surface area contributed by atoms with Gasteiger partial charge in [0.15, 0.2) is 11.5 Å². The van der Waals surface area contributed by atoms with E-state index in [0.29, 0.717) is 22.2 Å². The van der Waals surface area contributed by atoms with Crippen LogP contribution >= 0.6 is 0 Å². The second-order valence-electron chi connectivity index (χ2n) is 18.8. The molecule has 2 heterocycles. The van der Waals surface area contributed by atoms with Crippen molar-refractivity contribution in [2.45, 2.75) is 145 Å². The van der Waals surface area contributed by atoms with Crippen LogP contribution in [0.5, 0.6) is 11.5 Å². The minimum absolute atomic E-state index is 0.0465. The van der Waals surface area contributed by atoms with Gasteiger partial charge in [-0.25, -0.2) is 0 Å². The lowest BCUT2D eigenvalue weighted by Gasteiger charge is -2.62. The highest BCUT2D eigenvalue weighted by Crippen LogP contribution is 2.72. The van der Waals surface area contributed by atoms with E-state index in [1.54, 1.807) is 12.2 Å². The van der Waals surface area contributed by atoms with Gasteiger partial charge >= 0.3 is 0 Å². The number of benzene rings is 1. The lowest BCUT2D eigenvalue weighted by molar-refractivity contribution is -0.126. The SMILES string of the molecule is CC(C)=CCCC(C)C1CCC2(C)C3=C(CCC12C)C1(C)CCC(O)C(C)(C)C1CC3.O=C(C=CC=Cc1ccc2c(c1)OCO2)N1CCCCC1. The molecule has 0 radical (unpaired) electrons. The number of ether oxygens (including phenoxy) is 2. The molecule has 1 saturated heterocycles. The summed E-state index contributed by atoms with van der Waals surface area (Å²) >= 11 is 0. The number of hydrogen-bond acceptors (Lipinski definition) is 4. The molecule has 5 nitrogen and oxygen atoms in total. The molecule has 1 aromatic carbocycles. The fourth-order valence-electron chi connectivity index (χ4n) is 12.0. The van der Waals surface area contributed by atoms with Gasteiger partial charge in [-0.15, -0.1) is 0 Å². The Morgan fingerprint density at radius 1 is 0.923 bits per heavy atom. The number of aliphatic hydroxyl groups is 1. The van der Waals surface area contributed by atoms with Crippen LogP contribution in [-0.4, -0.2) is 41.9 Å². The highest BCUT2D eigenvalue weighted by molar-refractivity contribution is 5.88. The number of rotatable bonds is 7. The highest BCUT2D eigenvalue weighted by atomic mass is 16.7. The van der Waals surface area contributed by atoms with Gasteiger partial charge in [-0.1, -0.05) is 88.6 Å². The molecule has 286 valence electrons. The van der Waals surface area contributed by atoms with E-state index in [0.717, 1.165) is 61.3 Å². The third kappa shape index (κ3) is 7.34. The number of allylic oxidation sites excluding steroid dienone is 6. The van der Waals surface area contributed by atoms with Crippen molar-refractivity contribution in [1.82, 2.24) is 4.90 Å². The molecule has 0 spiro atoms. The van der Waals surface area contributed by atoms with E-state index in [4.69, 9.17) is 9.47 Å². The average Bonchev–Trinajstić information content (AvgIpc) is 3.70. The van der Waals surface area contributed by atoms with Crippen LogP contribution < -0.4 is 9.47 Å². The van der Waals surface area contributed by atoms with E-state index >= 15 is 0 Å². The summed E-state index contributed by atoms with van der Waals surface area (Å²) in [7, 11) is 0. The number of fused-ring (bicyclic) bond motifs is 5. The van der Waals surface area contributed by atoms with E-state index in [2.05, 4.69) is 61.5 Å². The summed E-state index contributed by atoms with van der Waals surface area (Å²) in [4.78, 5) is 13.8. The number of amides is 1. The van der Waals surface area contributed by atoms with Crippen molar-refractivity contribution in [3.8, 4) is 11.5 Å². The molecule has 1 amide bonds.